The number of nitrogens with one attached hydrogen (secondary N) is 1. The largest absolute Gasteiger partial charge is 0.497 e. The summed E-state index contributed by atoms with van der Waals surface area (Å²) in [5.74, 6) is 1.26. The van der Waals surface area contributed by atoms with Crippen LogP contribution in [0.4, 0.5) is 5.82 Å². The predicted molar refractivity (Wildman–Crippen MR) is 251 cm³/mol. The average molecular weight is 930 g/mol. The van der Waals surface area contributed by atoms with Gasteiger partial charge in [0.15, 0.2) is 28.8 Å². The number of ether oxygens (including phenoxy) is 6. The Hall–Kier alpha value is -5.86. The minimum atomic E-state index is -1.83. The van der Waals surface area contributed by atoms with E-state index in [0.29, 0.717) is 28.2 Å². The molecule has 2 bridgehead atoms. The first kappa shape index (κ1) is 47.6. The number of carbonyl (C=O) groups is 1. The summed E-state index contributed by atoms with van der Waals surface area (Å²) >= 11 is 0. The van der Waals surface area contributed by atoms with Gasteiger partial charge >= 0.3 is 0 Å². The molecule has 2 saturated heterocycles. The second-order valence-electron chi connectivity index (χ2n) is 16.7. The van der Waals surface area contributed by atoms with Crippen LogP contribution in [0.3, 0.4) is 0 Å². The number of amides is 1. The maximum Gasteiger partial charge on any atom is 0.259 e. The van der Waals surface area contributed by atoms with Crippen molar-refractivity contribution in [2.45, 2.75) is 81.9 Å². The molecule has 2 aromatic heterocycles. The molecule has 17 heteroatoms. The standard InChI is InChI=1S/C50H56N7O9P/c1-33(2)57(34(3)4)67(63-28-14-27-51)66-44-43-48(56-32-54-42-45(52-31-53-46(42)56)55-47(58)35-15-10-8-11-16-35)65-49(44,41(64-43)29-59-5)30-62-50(36-17-12-9-13-18-36,37-19-23-39(60-6)24-20-37)38-21-25-40(61-7)26-22-38/h8-13,15-26,31-34,41,43-44,48H,14,28-30H2,1-7H3,(H,52,53,55,58)/t41-,43-,44+,48-,49+,67?/m1/s1. The van der Waals surface area contributed by atoms with Crippen LogP contribution < -0.4 is 14.8 Å². The highest BCUT2D eigenvalue weighted by molar-refractivity contribution is 7.44. The van der Waals surface area contributed by atoms with Crippen LogP contribution in [0.25, 0.3) is 11.2 Å². The number of hydrogen-bond donors (Lipinski definition) is 1. The molecule has 67 heavy (non-hydrogen) atoms. The first-order valence-corrected chi connectivity index (χ1v) is 23.3. The Morgan fingerprint density at radius 1 is 0.866 bits per heavy atom. The first-order chi connectivity index (χ1) is 32.6. The summed E-state index contributed by atoms with van der Waals surface area (Å²) in [4.78, 5) is 27.1. The molecular weight excluding hydrogens is 874 g/mol. The van der Waals surface area contributed by atoms with Crippen LogP contribution in [-0.4, -0.2) is 107 Å². The zero-order valence-electron chi connectivity index (χ0n) is 38.6. The van der Waals surface area contributed by atoms with Gasteiger partial charge in [-0.25, -0.2) is 19.6 Å². The molecule has 8 rings (SSSR count). The van der Waals surface area contributed by atoms with Crippen molar-refractivity contribution in [1.29, 1.82) is 5.26 Å². The van der Waals surface area contributed by atoms with E-state index in [1.54, 1.807) is 56.5 Å². The third-order valence-electron chi connectivity index (χ3n) is 12.0. The Morgan fingerprint density at radius 3 is 2.06 bits per heavy atom. The lowest BCUT2D eigenvalue weighted by molar-refractivity contribution is -0.242. The topological polar surface area (TPSA) is 174 Å². The molecule has 0 radical (unpaired) electrons. The summed E-state index contributed by atoms with van der Waals surface area (Å²) in [6.07, 6.45) is -0.0816. The quantitative estimate of drug-likeness (QED) is 0.0414. The van der Waals surface area contributed by atoms with Crippen LogP contribution in [0, 0.1) is 11.3 Å². The lowest BCUT2D eigenvalue weighted by Gasteiger charge is -2.43. The minimum Gasteiger partial charge on any atom is -0.497 e. The Morgan fingerprint density at radius 2 is 1.48 bits per heavy atom. The van der Waals surface area contributed by atoms with Crippen LogP contribution >= 0.6 is 8.53 Å². The fourth-order valence-electron chi connectivity index (χ4n) is 8.98. The van der Waals surface area contributed by atoms with Gasteiger partial charge in [-0.3, -0.25) is 9.36 Å². The van der Waals surface area contributed by atoms with Gasteiger partial charge in [-0.15, -0.1) is 0 Å². The van der Waals surface area contributed by atoms with E-state index in [2.05, 4.69) is 53.7 Å². The van der Waals surface area contributed by atoms with Gasteiger partial charge in [-0.05, 0) is 80.8 Å². The molecule has 0 saturated carbocycles. The number of carbonyl (C=O) groups excluding carboxylic acids is 1. The third kappa shape index (κ3) is 9.39. The van der Waals surface area contributed by atoms with Crippen LogP contribution in [-0.2, 0) is 33.6 Å². The molecular formula is C50H56N7O9P. The van der Waals surface area contributed by atoms with Crippen molar-refractivity contribution in [3.63, 3.8) is 0 Å². The van der Waals surface area contributed by atoms with Crippen LogP contribution in [0.1, 0.15) is 67.4 Å². The molecule has 4 aromatic carbocycles. The Balaban J connectivity index is 1.28. The fourth-order valence-corrected chi connectivity index (χ4v) is 10.8. The predicted octanol–water partition coefficient (Wildman–Crippen LogP) is 8.45. The molecule has 1 amide bonds. The molecule has 2 aliphatic heterocycles. The number of methoxy groups -OCH3 is 3. The zero-order chi connectivity index (χ0) is 47.1. The zero-order valence-corrected chi connectivity index (χ0v) is 39.5. The Kier molecular flexibility index (Phi) is 14.9. The van der Waals surface area contributed by atoms with Crippen molar-refractivity contribution < 1.29 is 42.3 Å². The molecule has 0 spiro atoms. The van der Waals surface area contributed by atoms with Gasteiger partial charge in [0, 0.05) is 24.8 Å². The van der Waals surface area contributed by atoms with Crippen LogP contribution in [0.5, 0.6) is 11.5 Å². The van der Waals surface area contributed by atoms with E-state index in [0.717, 1.165) is 16.7 Å². The van der Waals surface area contributed by atoms with Gasteiger partial charge in [-0.2, -0.15) is 5.26 Å². The second-order valence-corrected chi connectivity index (χ2v) is 18.1. The number of hydrogen-bond acceptors (Lipinski definition) is 14. The average Bonchev–Trinajstić information content (AvgIpc) is 4.01. The fraction of sp³-hybridized carbons (Fsp3) is 0.380. The normalized spacial score (nSPS) is 20.7. The summed E-state index contributed by atoms with van der Waals surface area (Å²) in [6, 6.07) is 36.7. The number of fused-ring (bicyclic) bond motifs is 3. The lowest BCUT2D eigenvalue weighted by atomic mass is 9.79. The Labute approximate surface area is 392 Å². The van der Waals surface area contributed by atoms with E-state index in [1.165, 1.54) is 6.33 Å². The van der Waals surface area contributed by atoms with E-state index in [1.807, 2.05) is 84.9 Å². The van der Waals surface area contributed by atoms with Crippen molar-refractivity contribution >= 4 is 31.4 Å². The van der Waals surface area contributed by atoms with E-state index >= 15 is 0 Å². The molecule has 6 aromatic rings. The van der Waals surface area contributed by atoms with Crippen molar-refractivity contribution in [3.05, 3.63) is 144 Å². The highest BCUT2D eigenvalue weighted by atomic mass is 31.2. The molecule has 6 atom stereocenters. The number of imidazole rings is 1. The van der Waals surface area contributed by atoms with Gasteiger partial charge in [0.2, 0.25) is 0 Å². The van der Waals surface area contributed by atoms with E-state index in [-0.39, 0.29) is 50.1 Å². The van der Waals surface area contributed by atoms with Gasteiger partial charge in [0.05, 0.1) is 52.9 Å². The summed E-state index contributed by atoms with van der Waals surface area (Å²) < 4.78 is 57.1. The number of nitrogens with zero attached hydrogens (tertiary/aromatic N) is 6. The molecule has 350 valence electrons. The highest BCUT2D eigenvalue weighted by Gasteiger charge is 2.70. The van der Waals surface area contributed by atoms with Gasteiger partial charge in [0.1, 0.15) is 41.7 Å². The summed E-state index contributed by atoms with van der Waals surface area (Å²) in [5, 5.41) is 12.5. The van der Waals surface area contributed by atoms with Crippen LogP contribution in [0.2, 0.25) is 0 Å². The monoisotopic (exact) mass is 929 g/mol. The SMILES string of the molecule is COC[C@H]1O[C@H]2[C@H](n3cnc4c(NC(=O)c5ccccc5)ncnc43)O[C@]1(COC(c1ccccc1)(c1ccc(OC)cc1)c1ccc(OC)cc1)[C@H]2OP(OCCC#N)N(C(C)C)C(C)C. The summed E-state index contributed by atoms with van der Waals surface area (Å²) in [6.45, 7) is 8.53. The van der Waals surface area contributed by atoms with Crippen LogP contribution in [0.15, 0.2) is 122 Å². The summed E-state index contributed by atoms with van der Waals surface area (Å²) in [5.41, 5.74) is 1.08. The van der Waals surface area contributed by atoms with Crippen molar-refractivity contribution in [1.82, 2.24) is 24.2 Å². The molecule has 4 heterocycles. The van der Waals surface area contributed by atoms with E-state index in [4.69, 9.17) is 42.5 Å². The molecule has 16 nitrogen and oxygen atoms in total. The van der Waals surface area contributed by atoms with Gasteiger partial charge in [-0.1, -0.05) is 72.8 Å². The maximum absolute atomic E-state index is 13.3. The first-order valence-electron chi connectivity index (χ1n) is 22.2. The van der Waals surface area contributed by atoms with Crippen molar-refractivity contribution in [2.24, 2.45) is 0 Å². The van der Waals surface area contributed by atoms with E-state index < -0.39 is 44.3 Å². The smallest absolute Gasteiger partial charge is 0.259 e. The highest BCUT2D eigenvalue weighted by Crippen LogP contribution is 2.58. The third-order valence-corrected chi connectivity index (χ3v) is 14.2. The number of nitriles is 1. The second kappa shape index (κ2) is 21.0. The summed E-state index contributed by atoms with van der Waals surface area (Å²) in [7, 11) is 3.05. The maximum atomic E-state index is 13.3. The van der Waals surface area contributed by atoms with Crippen molar-refractivity contribution in [3.8, 4) is 17.6 Å². The van der Waals surface area contributed by atoms with Gasteiger partial charge in [0.25, 0.3) is 14.4 Å². The molecule has 1 N–H and O–H groups in total. The number of aromatic nitrogens is 4. The Bertz CT molecular complexity index is 2560. The van der Waals surface area contributed by atoms with Gasteiger partial charge < -0.3 is 42.8 Å². The molecule has 1 unspecified atom stereocenters. The van der Waals surface area contributed by atoms with E-state index in [9.17, 15) is 10.1 Å². The number of rotatable bonds is 21. The number of benzene rings is 4. The lowest BCUT2D eigenvalue weighted by Crippen LogP contribution is -2.55. The van der Waals surface area contributed by atoms with Crippen molar-refractivity contribution in [2.75, 3.05) is 46.5 Å². The molecule has 2 aliphatic rings. The number of anilines is 1. The molecule has 2 fully saturated rings. The minimum absolute atomic E-state index is 0.00143. The molecule has 0 aliphatic carbocycles.